The van der Waals surface area contributed by atoms with Gasteiger partial charge in [-0.2, -0.15) is 0 Å². The van der Waals surface area contributed by atoms with E-state index in [1.807, 2.05) is 42.5 Å². The van der Waals surface area contributed by atoms with Crippen LogP contribution in [0.4, 0.5) is 5.69 Å². The third-order valence-electron chi connectivity index (χ3n) is 3.37. The third kappa shape index (κ3) is 2.73. The van der Waals surface area contributed by atoms with Gasteiger partial charge in [0.1, 0.15) is 5.69 Å². The number of carbonyl (C=O) groups excluding carboxylic acids is 1. The van der Waals surface area contributed by atoms with Crippen molar-refractivity contribution < 1.29 is 4.79 Å². The molecule has 0 N–H and O–H groups in total. The molecular weight excluding hydrogens is 284 g/mol. The molecular formula is C17H13ClN2O. The molecule has 0 aliphatic carbocycles. The number of hydrogen-bond acceptors (Lipinski definition) is 2. The second-order valence-corrected chi connectivity index (χ2v) is 5.19. The summed E-state index contributed by atoms with van der Waals surface area (Å²) < 4.78 is 0. The van der Waals surface area contributed by atoms with Crippen LogP contribution in [0.3, 0.4) is 0 Å². The van der Waals surface area contributed by atoms with Crippen molar-refractivity contribution in [3.8, 4) is 0 Å². The Balaban J connectivity index is 1.96. The summed E-state index contributed by atoms with van der Waals surface area (Å²) in [7, 11) is 1.73. The van der Waals surface area contributed by atoms with Gasteiger partial charge in [0.25, 0.3) is 5.91 Å². The standard InChI is InChI=1S/C17H13ClN2O/c1-20(17(21)16-11-14(18)8-9-19-16)15-7-6-12-4-2-3-5-13(12)10-15/h2-11H,1H3. The molecule has 104 valence electrons. The van der Waals surface area contributed by atoms with Crippen molar-refractivity contribution in [2.24, 2.45) is 0 Å². The molecule has 0 bridgehead atoms. The second kappa shape index (κ2) is 5.54. The lowest BCUT2D eigenvalue weighted by atomic mass is 10.1. The molecule has 0 fully saturated rings. The van der Waals surface area contributed by atoms with Gasteiger partial charge < -0.3 is 4.90 Å². The molecule has 0 saturated heterocycles. The smallest absolute Gasteiger partial charge is 0.276 e. The van der Waals surface area contributed by atoms with Gasteiger partial charge in [-0.1, -0.05) is 41.9 Å². The summed E-state index contributed by atoms with van der Waals surface area (Å²) in [5.74, 6) is -0.187. The Morgan fingerprint density at radius 2 is 1.81 bits per heavy atom. The van der Waals surface area contributed by atoms with Crippen molar-refractivity contribution >= 4 is 34.0 Å². The van der Waals surface area contributed by atoms with Crippen molar-refractivity contribution in [2.45, 2.75) is 0 Å². The van der Waals surface area contributed by atoms with Crippen molar-refractivity contribution in [1.29, 1.82) is 0 Å². The average Bonchev–Trinajstić information content (AvgIpc) is 2.53. The summed E-state index contributed by atoms with van der Waals surface area (Å²) in [6, 6.07) is 17.2. The van der Waals surface area contributed by atoms with Crippen LogP contribution in [0.5, 0.6) is 0 Å². The largest absolute Gasteiger partial charge is 0.310 e. The Hall–Kier alpha value is -2.39. The van der Waals surface area contributed by atoms with Crippen molar-refractivity contribution in [2.75, 3.05) is 11.9 Å². The zero-order valence-corrected chi connectivity index (χ0v) is 12.2. The van der Waals surface area contributed by atoms with E-state index in [0.29, 0.717) is 10.7 Å². The van der Waals surface area contributed by atoms with E-state index in [9.17, 15) is 4.79 Å². The maximum absolute atomic E-state index is 12.4. The van der Waals surface area contributed by atoms with Gasteiger partial charge in [0.05, 0.1) is 0 Å². The first-order valence-corrected chi connectivity index (χ1v) is 6.91. The van der Waals surface area contributed by atoms with E-state index < -0.39 is 0 Å². The molecule has 0 aliphatic rings. The van der Waals surface area contributed by atoms with Crippen molar-refractivity contribution in [1.82, 2.24) is 4.98 Å². The van der Waals surface area contributed by atoms with Gasteiger partial charge in [-0.25, -0.2) is 0 Å². The first-order valence-electron chi connectivity index (χ1n) is 6.53. The van der Waals surface area contributed by atoms with E-state index in [1.165, 1.54) is 6.20 Å². The van der Waals surface area contributed by atoms with Gasteiger partial charge in [-0.3, -0.25) is 9.78 Å². The first-order chi connectivity index (χ1) is 10.1. The maximum atomic E-state index is 12.4. The molecule has 0 atom stereocenters. The number of rotatable bonds is 2. The van der Waals surface area contributed by atoms with Crippen LogP contribution in [0.25, 0.3) is 10.8 Å². The number of halogens is 1. The number of hydrogen-bond donors (Lipinski definition) is 0. The number of amides is 1. The molecule has 3 nitrogen and oxygen atoms in total. The molecule has 1 amide bonds. The van der Waals surface area contributed by atoms with Crippen LogP contribution in [0.1, 0.15) is 10.5 Å². The van der Waals surface area contributed by atoms with Gasteiger partial charge >= 0.3 is 0 Å². The summed E-state index contributed by atoms with van der Waals surface area (Å²) in [6.45, 7) is 0. The molecule has 3 aromatic rings. The van der Waals surface area contributed by atoms with Crippen LogP contribution >= 0.6 is 11.6 Å². The predicted octanol–water partition coefficient (Wildman–Crippen LogP) is 4.16. The fraction of sp³-hybridized carbons (Fsp3) is 0.0588. The fourth-order valence-electron chi connectivity index (χ4n) is 2.20. The molecule has 3 rings (SSSR count). The van der Waals surface area contributed by atoms with Crippen molar-refractivity contribution in [3.63, 3.8) is 0 Å². The minimum atomic E-state index is -0.187. The lowest BCUT2D eigenvalue weighted by molar-refractivity contribution is 0.0988. The molecule has 0 unspecified atom stereocenters. The number of aromatic nitrogens is 1. The summed E-state index contributed by atoms with van der Waals surface area (Å²) in [4.78, 5) is 18.1. The molecule has 0 spiro atoms. The molecule has 21 heavy (non-hydrogen) atoms. The normalized spacial score (nSPS) is 10.6. The molecule has 0 saturated carbocycles. The van der Waals surface area contributed by atoms with E-state index in [4.69, 9.17) is 11.6 Å². The quantitative estimate of drug-likeness (QED) is 0.711. The number of nitrogens with zero attached hydrogens (tertiary/aromatic N) is 2. The van der Waals surface area contributed by atoms with Crippen LogP contribution in [-0.4, -0.2) is 17.9 Å². The Morgan fingerprint density at radius 3 is 2.57 bits per heavy atom. The minimum Gasteiger partial charge on any atom is -0.310 e. The van der Waals surface area contributed by atoms with Crippen LogP contribution in [0, 0.1) is 0 Å². The number of fused-ring (bicyclic) bond motifs is 1. The van der Waals surface area contributed by atoms with E-state index in [2.05, 4.69) is 4.98 Å². The average molecular weight is 297 g/mol. The maximum Gasteiger partial charge on any atom is 0.276 e. The lowest BCUT2D eigenvalue weighted by Gasteiger charge is -2.17. The summed E-state index contributed by atoms with van der Waals surface area (Å²) in [6.07, 6.45) is 1.53. The SMILES string of the molecule is CN(C(=O)c1cc(Cl)ccn1)c1ccc2ccccc2c1. The second-order valence-electron chi connectivity index (χ2n) is 4.75. The summed E-state index contributed by atoms with van der Waals surface area (Å²) >= 11 is 5.91. The van der Waals surface area contributed by atoms with Gasteiger partial charge in [-0.15, -0.1) is 0 Å². The van der Waals surface area contributed by atoms with Gasteiger partial charge in [0.15, 0.2) is 0 Å². The molecule has 0 aliphatic heterocycles. The number of carbonyl (C=O) groups is 1. The van der Waals surface area contributed by atoms with Crippen LogP contribution in [0.15, 0.2) is 60.8 Å². The topological polar surface area (TPSA) is 33.2 Å². The van der Waals surface area contributed by atoms with Crippen LogP contribution in [0.2, 0.25) is 5.02 Å². The first kappa shape index (κ1) is 13.6. The van der Waals surface area contributed by atoms with Gasteiger partial charge in [-0.05, 0) is 35.0 Å². The van der Waals surface area contributed by atoms with E-state index >= 15 is 0 Å². The number of anilines is 1. The lowest BCUT2D eigenvalue weighted by Crippen LogP contribution is -2.26. The van der Waals surface area contributed by atoms with Crippen LogP contribution in [-0.2, 0) is 0 Å². The Kier molecular flexibility index (Phi) is 3.59. The van der Waals surface area contributed by atoms with Gasteiger partial charge in [0.2, 0.25) is 0 Å². The Bertz CT molecular complexity index is 817. The zero-order chi connectivity index (χ0) is 14.8. The Labute approximate surface area is 127 Å². The Morgan fingerprint density at radius 1 is 1.05 bits per heavy atom. The van der Waals surface area contributed by atoms with Gasteiger partial charge in [0, 0.05) is 24.0 Å². The molecule has 2 aromatic carbocycles. The third-order valence-corrected chi connectivity index (χ3v) is 3.60. The van der Waals surface area contributed by atoms with Crippen LogP contribution < -0.4 is 4.90 Å². The number of benzene rings is 2. The molecule has 1 aromatic heterocycles. The molecule has 1 heterocycles. The highest BCUT2D eigenvalue weighted by atomic mass is 35.5. The zero-order valence-electron chi connectivity index (χ0n) is 11.5. The highest BCUT2D eigenvalue weighted by Gasteiger charge is 2.15. The highest BCUT2D eigenvalue weighted by Crippen LogP contribution is 2.22. The monoisotopic (exact) mass is 296 g/mol. The van der Waals surface area contributed by atoms with E-state index in [1.54, 1.807) is 24.1 Å². The summed E-state index contributed by atoms with van der Waals surface area (Å²) in [5.41, 5.74) is 1.15. The predicted molar refractivity (Wildman–Crippen MR) is 85.9 cm³/mol. The minimum absolute atomic E-state index is 0.187. The van der Waals surface area contributed by atoms with E-state index in [0.717, 1.165) is 16.5 Å². The summed E-state index contributed by atoms with van der Waals surface area (Å²) in [5, 5.41) is 2.73. The fourth-order valence-corrected chi connectivity index (χ4v) is 2.36. The molecule has 0 radical (unpaired) electrons. The number of pyridine rings is 1. The molecule has 4 heteroatoms. The highest BCUT2D eigenvalue weighted by molar-refractivity contribution is 6.31. The van der Waals surface area contributed by atoms with Crippen molar-refractivity contribution in [3.05, 3.63) is 71.5 Å². The van der Waals surface area contributed by atoms with E-state index in [-0.39, 0.29) is 5.91 Å².